The highest BCUT2D eigenvalue weighted by atomic mass is 35.5. The Hall–Kier alpha value is -1.18. The van der Waals surface area contributed by atoms with Gasteiger partial charge in [0, 0.05) is 11.6 Å². The number of halogens is 2. The predicted octanol–water partition coefficient (Wildman–Crippen LogP) is 2.20. The number of ether oxygens (including phenoxy) is 1. The van der Waals surface area contributed by atoms with Crippen LogP contribution in [0.1, 0.15) is 19.3 Å². The van der Waals surface area contributed by atoms with E-state index in [1.54, 1.807) is 0 Å². The Morgan fingerprint density at radius 1 is 1.43 bits per heavy atom. The monoisotopic (exact) mass is 335 g/mol. The number of carbonyl (C=O) groups is 1. The molecule has 0 spiro atoms. The van der Waals surface area contributed by atoms with Gasteiger partial charge in [-0.05, 0) is 37.5 Å². The molecule has 1 aromatic rings. The molecule has 1 fully saturated rings. The summed E-state index contributed by atoms with van der Waals surface area (Å²) in [5, 5.41) is 0.106. The van der Waals surface area contributed by atoms with Gasteiger partial charge in [-0.1, -0.05) is 11.6 Å². The second-order valence-electron chi connectivity index (χ2n) is 4.73. The first-order chi connectivity index (χ1) is 9.87. The van der Waals surface area contributed by atoms with Crippen molar-refractivity contribution in [3.8, 4) is 0 Å². The summed E-state index contributed by atoms with van der Waals surface area (Å²) in [6.07, 6.45) is 1.69. The third-order valence-electron chi connectivity index (χ3n) is 3.41. The first-order valence-electron chi connectivity index (χ1n) is 6.42. The lowest BCUT2D eigenvalue weighted by atomic mass is 10.1. The van der Waals surface area contributed by atoms with E-state index in [2.05, 4.69) is 4.74 Å². The van der Waals surface area contributed by atoms with Crippen LogP contribution in [-0.4, -0.2) is 38.4 Å². The predicted molar refractivity (Wildman–Crippen MR) is 75.0 cm³/mol. The molecule has 0 N–H and O–H groups in total. The highest BCUT2D eigenvalue weighted by Gasteiger charge is 2.39. The van der Waals surface area contributed by atoms with Crippen LogP contribution in [0.3, 0.4) is 0 Å². The maximum Gasteiger partial charge on any atom is 0.324 e. The fourth-order valence-electron chi connectivity index (χ4n) is 2.38. The maximum atomic E-state index is 13.9. The van der Waals surface area contributed by atoms with Gasteiger partial charge in [-0.15, -0.1) is 0 Å². The van der Waals surface area contributed by atoms with E-state index in [1.807, 2.05) is 0 Å². The Kier molecular flexibility index (Phi) is 4.85. The zero-order chi connectivity index (χ0) is 15.6. The van der Waals surface area contributed by atoms with Gasteiger partial charge in [-0.2, -0.15) is 4.31 Å². The summed E-state index contributed by atoms with van der Waals surface area (Å²) in [6.45, 7) is 0.157. The van der Waals surface area contributed by atoms with Gasteiger partial charge in [0.15, 0.2) is 0 Å². The number of carbonyl (C=O) groups excluding carboxylic acids is 1. The van der Waals surface area contributed by atoms with Crippen LogP contribution in [0.5, 0.6) is 0 Å². The van der Waals surface area contributed by atoms with Crippen LogP contribution < -0.4 is 0 Å². The van der Waals surface area contributed by atoms with Crippen molar-refractivity contribution >= 4 is 27.6 Å². The molecule has 0 saturated carbocycles. The van der Waals surface area contributed by atoms with Crippen molar-refractivity contribution in [2.24, 2.45) is 0 Å². The van der Waals surface area contributed by atoms with Crippen LogP contribution >= 0.6 is 11.6 Å². The van der Waals surface area contributed by atoms with Gasteiger partial charge in [0.05, 0.1) is 7.11 Å². The third kappa shape index (κ3) is 3.20. The lowest BCUT2D eigenvalue weighted by Crippen LogP contribution is -2.48. The second kappa shape index (κ2) is 6.29. The molecule has 1 aliphatic heterocycles. The molecule has 0 amide bonds. The number of hydrogen-bond donors (Lipinski definition) is 0. The van der Waals surface area contributed by atoms with Crippen molar-refractivity contribution in [3.63, 3.8) is 0 Å². The topological polar surface area (TPSA) is 63.7 Å². The van der Waals surface area contributed by atoms with Gasteiger partial charge in [0.2, 0.25) is 10.0 Å². The lowest BCUT2D eigenvalue weighted by molar-refractivity contribution is -0.146. The van der Waals surface area contributed by atoms with Gasteiger partial charge in [0.1, 0.15) is 16.8 Å². The minimum Gasteiger partial charge on any atom is -0.468 e. The SMILES string of the molecule is COC(=O)[C@H]1CCCCN1S(=O)(=O)c1ccc(Cl)cc1F. The van der Waals surface area contributed by atoms with Crippen molar-refractivity contribution < 1.29 is 22.3 Å². The van der Waals surface area contributed by atoms with Gasteiger partial charge < -0.3 is 4.74 Å². The number of sulfonamides is 1. The smallest absolute Gasteiger partial charge is 0.324 e. The Balaban J connectivity index is 2.43. The van der Waals surface area contributed by atoms with E-state index < -0.39 is 32.7 Å². The summed E-state index contributed by atoms with van der Waals surface area (Å²) >= 11 is 5.63. The van der Waals surface area contributed by atoms with E-state index in [9.17, 15) is 17.6 Å². The van der Waals surface area contributed by atoms with Crippen LogP contribution in [0, 0.1) is 5.82 Å². The summed E-state index contributed by atoms with van der Waals surface area (Å²) < 4.78 is 44.7. The zero-order valence-electron chi connectivity index (χ0n) is 11.4. The van der Waals surface area contributed by atoms with Crippen molar-refractivity contribution in [1.29, 1.82) is 0 Å². The van der Waals surface area contributed by atoms with Crippen LogP contribution in [0.4, 0.5) is 4.39 Å². The Morgan fingerprint density at radius 3 is 2.76 bits per heavy atom. The molecule has 1 saturated heterocycles. The highest BCUT2D eigenvalue weighted by Crippen LogP contribution is 2.28. The van der Waals surface area contributed by atoms with Crippen LogP contribution in [-0.2, 0) is 19.6 Å². The number of esters is 1. The Labute approximate surface area is 127 Å². The van der Waals surface area contributed by atoms with E-state index >= 15 is 0 Å². The molecule has 0 aliphatic carbocycles. The van der Waals surface area contributed by atoms with Crippen molar-refractivity contribution in [2.45, 2.75) is 30.2 Å². The lowest BCUT2D eigenvalue weighted by Gasteiger charge is -2.32. The molecule has 1 heterocycles. The number of piperidine rings is 1. The van der Waals surface area contributed by atoms with Crippen LogP contribution in [0.15, 0.2) is 23.1 Å². The van der Waals surface area contributed by atoms with E-state index in [0.717, 1.165) is 22.9 Å². The van der Waals surface area contributed by atoms with E-state index in [0.29, 0.717) is 12.8 Å². The van der Waals surface area contributed by atoms with Gasteiger partial charge in [-0.25, -0.2) is 12.8 Å². The number of hydrogen-bond acceptors (Lipinski definition) is 4. The Bertz CT molecular complexity index is 650. The summed E-state index contributed by atoms with van der Waals surface area (Å²) in [7, 11) is -2.92. The second-order valence-corrected chi connectivity index (χ2v) is 7.02. The van der Waals surface area contributed by atoms with Crippen molar-refractivity contribution in [3.05, 3.63) is 29.0 Å². The first kappa shape index (κ1) is 16.2. The molecule has 21 heavy (non-hydrogen) atoms. The largest absolute Gasteiger partial charge is 0.468 e. The molecule has 8 heteroatoms. The molecule has 116 valence electrons. The summed E-state index contributed by atoms with van der Waals surface area (Å²) in [6, 6.07) is 2.43. The molecular formula is C13H15ClFNO4S. The maximum absolute atomic E-state index is 13.9. The van der Waals surface area contributed by atoms with Crippen LogP contribution in [0.2, 0.25) is 5.02 Å². The normalized spacial score (nSPS) is 20.2. The summed E-state index contributed by atoms with van der Waals surface area (Å²) in [5.74, 6) is -1.57. The van der Waals surface area contributed by atoms with E-state index in [4.69, 9.17) is 11.6 Å². The molecule has 0 radical (unpaired) electrons. The standard InChI is InChI=1S/C13H15ClFNO4S/c1-20-13(17)11-4-2-3-7-16(11)21(18,19)12-6-5-9(14)8-10(12)15/h5-6,8,11H,2-4,7H2,1H3/t11-/m1/s1. The molecule has 0 aromatic heterocycles. The van der Waals surface area contributed by atoms with Gasteiger partial charge >= 0.3 is 5.97 Å². The van der Waals surface area contributed by atoms with Gasteiger partial charge in [-0.3, -0.25) is 4.79 Å². The number of methoxy groups -OCH3 is 1. The summed E-state index contributed by atoms with van der Waals surface area (Å²) in [4.78, 5) is 11.3. The van der Waals surface area contributed by atoms with Gasteiger partial charge in [0.25, 0.3) is 0 Å². The molecule has 0 bridgehead atoms. The number of nitrogens with zero attached hydrogens (tertiary/aromatic N) is 1. The average molecular weight is 336 g/mol. The molecule has 2 rings (SSSR count). The average Bonchev–Trinajstić information content (AvgIpc) is 2.46. The molecule has 5 nitrogen and oxygen atoms in total. The van der Waals surface area contributed by atoms with E-state index in [1.165, 1.54) is 13.2 Å². The van der Waals surface area contributed by atoms with Crippen molar-refractivity contribution in [2.75, 3.05) is 13.7 Å². The quantitative estimate of drug-likeness (QED) is 0.794. The van der Waals surface area contributed by atoms with E-state index in [-0.39, 0.29) is 11.6 Å². The molecule has 1 atom stereocenters. The first-order valence-corrected chi connectivity index (χ1v) is 8.24. The summed E-state index contributed by atoms with van der Waals surface area (Å²) in [5.41, 5.74) is 0. The molecular weight excluding hydrogens is 321 g/mol. The molecule has 1 aromatic carbocycles. The number of rotatable bonds is 3. The third-order valence-corrected chi connectivity index (χ3v) is 5.58. The molecule has 0 unspecified atom stereocenters. The molecule has 1 aliphatic rings. The van der Waals surface area contributed by atoms with Crippen molar-refractivity contribution in [1.82, 2.24) is 4.31 Å². The zero-order valence-corrected chi connectivity index (χ0v) is 13.0. The van der Waals surface area contributed by atoms with Crippen LogP contribution in [0.25, 0.3) is 0 Å². The highest BCUT2D eigenvalue weighted by molar-refractivity contribution is 7.89. The minimum atomic E-state index is -4.11. The Morgan fingerprint density at radius 2 is 2.14 bits per heavy atom. The minimum absolute atomic E-state index is 0.106. The number of benzene rings is 1. The fourth-order valence-corrected chi connectivity index (χ4v) is 4.23. The fraction of sp³-hybridized carbons (Fsp3) is 0.462.